The largest absolute Gasteiger partial charge is 0.337 e. The van der Waals surface area contributed by atoms with E-state index in [1.54, 1.807) is 0 Å². The predicted octanol–water partition coefficient (Wildman–Crippen LogP) is 1.73. The van der Waals surface area contributed by atoms with E-state index < -0.39 is 0 Å². The molecule has 1 aromatic rings. The van der Waals surface area contributed by atoms with Crippen molar-refractivity contribution in [1.82, 2.24) is 14.9 Å². The minimum atomic E-state index is 0. The van der Waals surface area contributed by atoms with Crippen LogP contribution in [0.25, 0.3) is 0 Å². The summed E-state index contributed by atoms with van der Waals surface area (Å²) in [4.78, 5) is 4.13. The van der Waals surface area contributed by atoms with Gasteiger partial charge < -0.3 is 9.88 Å². The Morgan fingerprint density at radius 1 is 1.50 bits per heavy atom. The van der Waals surface area contributed by atoms with E-state index in [0.717, 1.165) is 6.54 Å². The van der Waals surface area contributed by atoms with Crippen LogP contribution < -0.4 is 5.32 Å². The summed E-state index contributed by atoms with van der Waals surface area (Å²) >= 11 is 0. The average Bonchev–Trinajstić information content (AvgIpc) is 2.53. The van der Waals surface area contributed by atoms with Crippen LogP contribution in [-0.2, 0) is 7.05 Å². The van der Waals surface area contributed by atoms with Gasteiger partial charge in [-0.25, -0.2) is 4.98 Å². The third kappa shape index (κ3) is 2.87. The molecule has 0 saturated carbocycles. The van der Waals surface area contributed by atoms with Crippen molar-refractivity contribution in [1.29, 1.82) is 0 Å². The summed E-state index contributed by atoms with van der Waals surface area (Å²) in [6, 6.07) is 0. The summed E-state index contributed by atoms with van der Waals surface area (Å²) in [6.07, 6.45) is 6.45. The van der Waals surface area contributed by atoms with Gasteiger partial charge in [-0.05, 0) is 19.4 Å². The molecule has 1 N–H and O–H groups in total. The van der Waals surface area contributed by atoms with Crippen molar-refractivity contribution in [2.24, 2.45) is 7.05 Å². The zero-order valence-electron chi connectivity index (χ0n) is 8.27. The van der Waals surface area contributed by atoms with Crippen LogP contribution in [0.3, 0.4) is 0 Å². The van der Waals surface area contributed by atoms with Gasteiger partial charge >= 0.3 is 0 Å². The maximum Gasteiger partial charge on any atom is 0.0945 e. The van der Waals surface area contributed by atoms with Crippen molar-refractivity contribution < 1.29 is 0 Å². The second kappa shape index (κ2) is 6.27. The van der Waals surface area contributed by atoms with E-state index in [-0.39, 0.29) is 24.8 Å². The van der Waals surface area contributed by atoms with E-state index in [1.807, 2.05) is 12.5 Å². The van der Waals surface area contributed by atoms with Gasteiger partial charge in [-0.1, -0.05) is 0 Å². The van der Waals surface area contributed by atoms with E-state index in [2.05, 4.69) is 21.9 Å². The molecule has 0 radical (unpaired) electrons. The molecule has 2 rings (SSSR count). The van der Waals surface area contributed by atoms with Crippen LogP contribution in [0.2, 0.25) is 0 Å². The Hall–Kier alpha value is -0.250. The lowest BCUT2D eigenvalue weighted by molar-refractivity contribution is 0.447. The number of rotatable bonds is 1. The highest BCUT2D eigenvalue weighted by atomic mass is 35.5. The zero-order valence-corrected chi connectivity index (χ0v) is 9.90. The first-order valence-corrected chi connectivity index (χ1v) is 4.55. The molecule has 5 heteroatoms. The number of hydrogen-bond acceptors (Lipinski definition) is 2. The van der Waals surface area contributed by atoms with Crippen LogP contribution >= 0.6 is 24.8 Å². The summed E-state index contributed by atoms with van der Waals surface area (Å²) in [5.74, 6) is 0.672. The number of halogens is 2. The molecule has 1 aliphatic rings. The van der Waals surface area contributed by atoms with Gasteiger partial charge in [-0.15, -0.1) is 24.8 Å². The summed E-state index contributed by atoms with van der Waals surface area (Å²) in [5, 5.41) is 3.41. The number of nitrogens with one attached hydrogen (secondary N) is 1. The van der Waals surface area contributed by atoms with E-state index in [0.29, 0.717) is 5.92 Å². The maximum atomic E-state index is 4.13. The molecule has 1 aliphatic heterocycles. The highest BCUT2D eigenvalue weighted by Crippen LogP contribution is 2.21. The quantitative estimate of drug-likeness (QED) is 0.807. The minimum absolute atomic E-state index is 0. The van der Waals surface area contributed by atoms with Gasteiger partial charge in [0.15, 0.2) is 0 Å². The van der Waals surface area contributed by atoms with E-state index in [4.69, 9.17) is 0 Å². The molecular weight excluding hydrogens is 221 g/mol. The second-order valence-corrected chi connectivity index (χ2v) is 3.47. The summed E-state index contributed by atoms with van der Waals surface area (Å²) < 4.78 is 2.12. The van der Waals surface area contributed by atoms with Gasteiger partial charge in [0.25, 0.3) is 0 Å². The molecule has 0 aromatic carbocycles. The molecule has 82 valence electrons. The van der Waals surface area contributed by atoms with Gasteiger partial charge in [-0.3, -0.25) is 0 Å². The molecule has 2 heterocycles. The molecular formula is C9H17Cl2N3. The summed E-state index contributed by atoms with van der Waals surface area (Å²) in [6.45, 7) is 2.29. The van der Waals surface area contributed by atoms with Crippen molar-refractivity contribution in [3.63, 3.8) is 0 Å². The molecule has 3 nitrogen and oxygen atoms in total. The van der Waals surface area contributed by atoms with E-state index in [1.165, 1.54) is 25.1 Å². The first-order valence-electron chi connectivity index (χ1n) is 4.55. The lowest BCUT2D eigenvalue weighted by Gasteiger charge is -2.22. The predicted molar refractivity (Wildman–Crippen MR) is 62.5 cm³/mol. The summed E-state index contributed by atoms with van der Waals surface area (Å²) in [5.41, 5.74) is 1.36. The van der Waals surface area contributed by atoms with Crippen LogP contribution in [0.5, 0.6) is 0 Å². The highest BCUT2D eigenvalue weighted by molar-refractivity contribution is 5.85. The first-order chi connectivity index (χ1) is 5.88. The van der Waals surface area contributed by atoms with Crippen LogP contribution in [0, 0.1) is 0 Å². The van der Waals surface area contributed by atoms with Gasteiger partial charge in [-0.2, -0.15) is 0 Å². The molecule has 1 atom stereocenters. The Balaban J connectivity index is 0.000000845. The monoisotopic (exact) mass is 237 g/mol. The third-order valence-corrected chi connectivity index (χ3v) is 2.57. The Morgan fingerprint density at radius 3 is 2.79 bits per heavy atom. The number of aryl methyl sites for hydroxylation is 1. The molecule has 14 heavy (non-hydrogen) atoms. The zero-order chi connectivity index (χ0) is 8.39. The smallest absolute Gasteiger partial charge is 0.0945 e. The van der Waals surface area contributed by atoms with Crippen molar-refractivity contribution in [3.8, 4) is 0 Å². The van der Waals surface area contributed by atoms with Crippen molar-refractivity contribution in [2.45, 2.75) is 18.8 Å². The molecule has 0 bridgehead atoms. The van der Waals surface area contributed by atoms with Crippen molar-refractivity contribution in [2.75, 3.05) is 13.1 Å². The number of aromatic nitrogens is 2. The van der Waals surface area contributed by atoms with Crippen LogP contribution in [-0.4, -0.2) is 22.6 Å². The standard InChI is InChI=1S/C9H15N3.2ClH/c1-12-7-11-6-9(12)8-3-2-4-10-5-8;;/h6-8,10H,2-5H2,1H3;2*1H. The summed E-state index contributed by atoms with van der Waals surface area (Å²) in [7, 11) is 2.07. The lowest BCUT2D eigenvalue weighted by atomic mass is 9.97. The van der Waals surface area contributed by atoms with Crippen molar-refractivity contribution in [3.05, 3.63) is 18.2 Å². The van der Waals surface area contributed by atoms with E-state index in [9.17, 15) is 0 Å². The Labute approximate surface area is 97.1 Å². The van der Waals surface area contributed by atoms with Gasteiger partial charge in [0, 0.05) is 31.4 Å². The fourth-order valence-corrected chi connectivity index (χ4v) is 1.87. The van der Waals surface area contributed by atoms with Crippen LogP contribution in [0.15, 0.2) is 12.5 Å². The fourth-order valence-electron chi connectivity index (χ4n) is 1.87. The van der Waals surface area contributed by atoms with Crippen molar-refractivity contribution >= 4 is 24.8 Å². The van der Waals surface area contributed by atoms with Gasteiger partial charge in [0.05, 0.1) is 6.33 Å². The number of piperidine rings is 1. The number of imidazole rings is 1. The Kier molecular flexibility index (Phi) is 6.16. The third-order valence-electron chi connectivity index (χ3n) is 2.57. The van der Waals surface area contributed by atoms with E-state index >= 15 is 0 Å². The maximum absolute atomic E-state index is 4.13. The molecule has 0 spiro atoms. The Morgan fingerprint density at radius 2 is 2.29 bits per heavy atom. The van der Waals surface area contributed by atoms with Gasteiger partial charge in [0.1, 0.15) is 0 Å². The first kappa shape index (κ1) is 13.8. The van der Waals surface area contributed by atoms with Gasteiger partial charge in [0.2, 0.25) is 0 Å². The molecule has 1 fully saturated rings. The Bertz CT molecular complexity index is 256. The lowest BCUT2D eigenvalue weighted by Crippen LogP contribution is -2.29. The molecule has 1 saturated heterocycles. The minimum Gasteiger partial charge on any atom is -0.337 e. The number of hydrogen-bond donors (Lipinski definition) is 1. The van der Waals surface area contributed by atoms with Crippen LogP contribution in [0.4, 0.5) is 0 Å². The molecule has 1 aromatic heterocycles. The number of nitrogens with zero attached hydrogens (tertiary/aromatic N) is 2. The SMILES string of the molecule is Cl.Cl.Cn1cncc1C1CCCNC1. The topological polar surface area (TPSA) is 29.9 Å². The van der Waals surface area contributed by atoms with Crippen LogP contribution in [0.1, 0.15) is 24.5 Å². The molecule has 1 unspecified atom stereocenters. The molecule has 0 amide bonds. The second-order valence-electron chi connectivity index (χ2n) is 3.47. The average molecular weight is 238 g/mol. The normalized spacial score (nSPS) is 20.8. The highest BCUT2D eigenvalue weighted by Gasteiger charge is 2.17. The molecule has 0 aliphatic carbocycles. The fraction of sp³-hybridized carbons (Fsp3) is 0.667.